The first kappa shape index (κ1) is 24.2. The molecule has 0 radical (unpaired) electrons. The Morgan fingerprint density at radius 3 is 2.55 bits per heavy atom. The van der Waals surface area contributed by atoms with Crippen LogP contribution < -0.4 is 14.8 Å². The molecule has 0 saturated carbocycles. The van der Waals surface area contributed by atoms with Crippen LogP contribution in [0.15, 0.2) is 28.8 Å². The molecule has 0 saturated heterocycles. The molecule has 0 aliphatic rings. The summed E-state index contributed by atoms with van der Waals surface area (Å²) in [7, 11) is 3.12. The van der Waals surface area contributed by atoms with Gasteiger partial charge in [-0.25, -0.2) is 9.78 Å². The minimum atomic E-state index is -0.958. The van der Waals surface area contributed by atoms with Crippen LogP contribution in [0, 0.1) is 13.8 Å². The van der Waals surface area contributed by atoms with Crippen LogP contribution in [0.3, 0.4) is 0 Å². The number of hydrogen-bond donors (Lipinski definition) is 1. The average Bonchev–Trinajstić information content (AvgIpc) is 3.40. The lowest BCUT2D eigenvalue weighted by Crippen LogP contribution is -2.32. The molecule has 10 heteroatoms. The summed E-state index contributed by atoms with van der Waals surface area (Å²) in [6.07, 6.45) is 1.01. The Morgan fingerprint density at radius 2 is 1.91 bits per heavy atom. The molecule has 1 aromatic carbocycles. The molecule has 0 spiro atoms. The Hall–Kier alpha value is -3.40. The first-order valence-corrected chi connectivity index (χ1v) is 11.3. The van der Waals surface area contributed by atoms with Crippen LogP contribution in [-0.4, -0.2) is 42.3 Å². The molecule has 33 heavy (non-hydrogen) atoms. The Bertz CT molecular complexity index is 1120. The third kappa shape index (κ3) is 5.89. The van der Waals surface area contributed by atoms with E-state index in [2.05, 4.69) is 15.5 Å². The van der Waals surface area contributed by atoms with Crippen molar-refractivity contribution >= 4 is 29.0 Å². The standard InChI is InChI=1S/C23H27N3O6S/c1-6-7-8-17(21(27)25-19-11-13(2)32-26-19)31-23(28)20-14(3)24-22(33-20)15-9-10-16(29-4)18(12-15)30-5/h9-12,17H,6-8H2,1-5H3,(H,25,26,27). The summed E-state index contributed by atoms with van der Waals surface area (Å²) in [6.45, 7) is 5.46. The molecule has 1 atom stereocenters. The molecule has 1 amide bonds. The van der Waals surface area contributed by atoms with Gasteiger partial charge in [0.2, 0.25) is 0 Å². The van der Waals surface area contributed by atoms with Gasteiger partial charge in [-0.05, 0) is 44.9 Å². The summed E-state index contributed by atoms with van der Waals surface area (Å²) in [6, 6.07) is 7.01. The number of methoxy groups -OCH3 is 2. The Balaban J connectivity index is 1.78. The van der Waals surface area contributed by atoms with E-state index in [4.69, 9.17) is 18.7 Å². The number of carbonyl (C=O) groups excluding carboxylic acids is 2. The highest BCUT2D eigenvalue weighted by Crippen LogP contribution is 2.35. The van der Waals surface area contributed by atoms with Crippen molar-refractivity contribution in [3.05, 3.63) is 40.6 Å². The van der Waals surface area contributed by atoms with Gasteiger partial charge in [0.1, 0.15) is 15.6 Å². The molecule has 0 fully saturated rings. The fourth-order valence-corrected chi connectivity index (χ4v) is 4.07. The minimum Gasteiger partial charge on any atom is -0.493 e. The van der Waals surface area contributed by atoms with Crippen LogP contribution >= 0.6 is 11.3 Å². The molecule has 0 bridgehead atoms. The summed E-state index contributed by atoms with van der Waals surface area (Å²) >= 11 is 1.20. The normalized spacial score (nSPS) is 11.7. The first-order valence-electron chi connectivity index (χ1n) is 10.5. The Kier molecular flexibility index (Phi) is 8.05. The van der Waals surface area contributed by atoms with Crippen molar-refractivity contribution in [1.82, 2.24) is 10.1 Å². The highest BCUT2D eigenvalue weighted by atomic mass is 32.1. The van der Waals surface area contributed by atoms with Crippen LogP contribution in [0.2, 0.25) is 0 Å². The third-order valence-electron chi connectivity index (χ3n) is 4.85. The Morgan fingerprint density at radius 1 is 1.15 bits per heavy atom. The number of aryl methyl sites for hydroxylation is 2. The largest absolute Gasteiger partial charge is 0.493 e. The second-order valence-electron chi connectivity index (χ2n) is 7.35. The van der Waals surface area contributed by atoms with E-state index < -0.39 is 18.0 Å². The molecular formula is C23H27N3O6S. The second kappa shape index (κ2) is 11.0. The van der Waals surface area contributed by atoms with Crippen molar-refractivity contribution in [2.24, 2.45) is 0 Å². The maximum absolute atomic E-state index is 13.0. The van der Waals surface area contributed by atoms with E-state index in [1.165, 1.54) is 11.3 Å². The lowest BCUT2D eigenvalue weighted by Gasteiger charge is -2.16. The fourth-order valence-electron chi connectivity index (χ4n) is 3.13. The highest BCUT2D eigenvalue weighted by molar-refractivity contribution is 7.17. The van der Waals surface area contributed by atoms with Crippen LogP contribution in [0.5, 0.6) is 11.5 Å². The zero-order chi connectivity index (χ0) is 24.0. The molecule has 2 heterocycles. The van der Waals surface area contributed by atoms with E-state index in [1.807, 2.05) is 13.0 Å². The summed E-state index contributed by atoms with van der Waals surface area (Å²) < 4.78 is 21.2. The van der Waals surface area contributed by atoms with Crippen molar-refractivity contribution in [3.63, 3.8) is 0 Å². The quantitative estimate of drug-likeness (QED) is 0.418. The van der Waals surface area contributed by atoms with Crippen LogP contribution in [0.4, 0.5) is 5.82 Å². The summed E-state index contributed by atoms with van der Waals surface area (Å²) in [5.74, 6) is 0.958. The third-order valence-corrected chi connectivity index (χ3v) is 6.04. The molecule has 3 aromatic rings. The molecule has 3 rings (SSSR count). The van der Waals surface area contributed by atoms with E-state index in [0.29, 0.717) is 39.3 Å². The summed E-state index contributed by atoms with van der Waals surface area (Å²) in [5, 5.41) is 7.03. The van der Waals surface area contributed by atoms with Crippen molar-refractivity contribution < 1.29 is 28.3 Å². The number of thiazole rings is 1. The van der Waals surface area contributed by atoms with E-state index in [0.717, 1.165) is 18.4 Å². The van der Waals surface area contributed by atoms with Crippen molar-refractivity contribution in [2.45, 2.75) is 46.1 Å². The van der Waals surface area contributed by atoms with E-state index in [-0.39, 0.29) is 5.82 Å². The number of nitrogens with one attached hydrogen (secondary N) is 1. The van der Waals surface area contributed by atoms with Crippen molar-refractivity contribution in [3.8, 4) is 22.1 Å². The fraction of sp³-hybridized carbons (Fsp3) is 0.391. The van der Waals surface area contributed by atoms with Gasteiger partial charge in [0.25, 0.3) is 5.91 Å². The predicted molar refractivity (Wildman–Crippen MR) is 124 cm³/mol. The van der Waals surface area contributed by atoms with Gasteiger partial charge in [-0.2, -0.15) is 0 Å². The zero-order valence-corrected chi connectivity index (χ0v) is 20.1. The average molecular weight is 474 g/mol. The molecule has 176 valence electrons. The SMILES string of the molecule is CCCCC(OC(=O)c1sc(-c2ccc(OC)c(OC)c2)nc1C)C(=O)Nc1cc(C)on1. The number of benzene rings is 1. The minimum absolute atomic E-state index is 0.278. The zero-order valence-electron chi connectivity index (χ0n) is 19.3. The number of hydrogen-bond acceptors (Lipinski definition) is 9. The van der Waals surface area contributed by atoms with Crippen LogP contribution in [0.25, 0.3) is 10.6 Å². The maximum Gasteiger partial charge on any atom is 0.351 e. The highest BCUT2D eigenvalue weighted by Gasteiger charge is 2.27. The molecule has 9 nitrogen and oxygen atoms in total. The van der Waals surface area contributed by atoms with Crippen molar-refractivity contribution in [1.29, 1.82) is 0 Å². The number of rotatable bonds is 10. The lowest BCUT2D eigenvalue weighted by molar-refractivity contribution is -0.125. The van der Waals surface area contributed by atoms with Gasteiger partial charge >= 0.3 is 5.97 Å². The molecule has 0 aliphatic heterocycles. The van der Waals surface area contributed by atoms with Gasteiger partial charge in [0, 0.05) is 11.6 Å². The van der Waals surface area contributed by atoms with Crippen molar-refractivity contribution in [2.75, 3.05) is 19.5 Å². The number of anilines is 1. The predicted octanol–water partition coefficient (Wildman–Crippen LogP) is 4.79. The number of carbonyl (C=O) groups is 2. The van der Waals surface area contributed by atoms with E-state index in [9.17, 15) is 9.59 Å². The number of amides is 1. The molecule has 2 aromatic heterocycles. The number of esters is 1. The van der Waals surface area contributed by atoms with Gasteiger partial charge in [-0.1, -0.05) is 18.5 Å². The molecule has 1 N–H and O–H groups in total. The lowest BCUT2D eigenvalue weighted by atomic mass is 10.1. The molecular weight excluding hydrogens is 446 g/mol. The second-order valence-corrected chi connectivity index (χ2v) is 8.35. The van der Waals surface area contributed by atoms with Crippen LogP contribution in [0.1, 0.15) is 47.3 Å². The summed E-state index contributed by atoms with van der Waals surface area (Å²) in [5.41, 5.74) is 1.30. The Labute approximate surface area is 196 Å². The number of nitrogens with zero attached hydrogens (tertiary/aromatic N) is 2. The number of aromatic nitrogens is 2. The molecule has 1 unspecified atom stereocenters. The summed E-state index contributed by atoms with van der Waals surface area (Å²) in [4.78, 5) is 30.5. The van der Waals surface area contributed by atoms with E-state index in [1.54, 1.807) is 46.3 Å². The van der Waals surface area contributed by atoms with Gasteiger partial charge in [0.05, 0.1) is 19.9 Å². The van der Waals surface area contributed by atoms with Gasteiger partial charge in [-0.3, -0.25) is 4.79 Å². The van der Waals surface area contributed by atoms with Gasteiger partial charge < -0.3 is 24.1 Å². The molecule has 0 aliphatic carbocycles. The number of unbranched alkanes of at least 4 members (excludes halogenated alkanes) is 1. The smallest absolute Gasteiger partial charge is 0.351 e. The van der Waals surface area contributed by atoms with Gasteiger partial charge in [0.15, 0.2) is 23.4 Å². The first-order chi connectivity index (χ1) is 15.9. The topological polar surface area (TPSA) is 113 Å². The van der Waals surface area contributed by atoms with E-state index >= 15 is 0 Å². The monoisotopic (exact) mass is 473 g/mol. The van der Waals surface area contributed by atoms with Crippen LogP contribution in [-0.2, 0) is 9.53 Å². The maximum atomic E-state index is 13.0. The number of ether oxygens (including phenoxy) is 3. The van der Waals surface area contributed by atoms with Gasteiger partial charge in [-0.15, -0.1) is 11.3 Å².